The molecule has 0 aliphatic carbocycles. The molecular formula is C10H8ClN5O2S. The van der Waals surface area contributed by atoms with E-state index in [1.807, 2.05) is 0 Å². The Hall–Kier alpha value is -2.19. The molecule has 0 atom stereocenters. The molecule has 98 valence electrons. The van der Waals surface area contributed by atoms with Crippen molar-refractivity contribution >= 4 is 40.6 Å². The quantitative estimate of drug-likeness (QED) is 0.344. The van der Waals surface area contributed by atoms with Gasteiger partial charge in [-0.05, 0) is 29.7 Å². The van der Waals surface area contributed by atoms with Crippen LogP contribution in [0.5, 0.6) is 0 Å². The molecule has 4 N–H and O–H groups in total. The van der Waals surface area contributed by atoms with E-state index in [9.17, 15) is 4.79 Å². The number of hydrogen-bond acceptors (Lipinski definition) is 6. The number of halogens is 1. The van der Waals surface area contributed by atoms with E-state index in [0.29, 0.717) is 11.3 Å². The summed E-state index contributed by atoms with van der Waals surface area (Å²) in [4.78, 5) is 11.7. The summed E-state index contributed by atoms with van der Waals surface area (Å²) in [7, 11) is 0. The average Bonchev–Trinajstić information content (AvgIpc) is 2.94. The maximum Gasteiger partial charge on any atom is 0.277 e. The molecule has 0 unspecified atom stereocenters. The van der Waals surface area contributed by atoms with Gasteiger partial charge in [0.25, 0.3) is 5.91 Å². The molecule has 0 saturated heterocycles. The number of carbonyl (C=O) groups excluding carboxylic acids is 1. The van der Waals surface area contributed by atoms with E-state index in [0.717, 1.165) is 11.5 Å². The molecule has 1 heterocycles. The second-order valence-corrected chi connectivity index (χ2v) is 4.44. The lowest BCUT2D eigenvalue weighted by Crippen LogP contribution is -2.15. The number of amides is 1. The predicted octanol–water partition coefficient (Wildman–Crippen LogP) is 1.54. The maximum atomic E-state index is 11.7. The van der Waals surface area contributed by atoms with Crippen molar-refractivity contribution in [1.82, 2.24) is 9.59 Å². The SMILES string of the molecule is N/C(=N/O)c1ccc(NC(=O)c2csnn2)c(Cl)c1. The van der Waals surface area contributed by atoms with Crippen LogP contribution in [0.3, 0.4) is 0 Å². The number of rotatable bonds is 3. The van der Waals surface area contributed by atoms with E-state index in [4.69, 9.17) is 22.5 Å². The van der Waals surface area contributed by atoms with E-state index in [-0.39, 0.29) is 16.6 Å². The molecule has 0 spiro atoms. The van der Waals surface area contributed by atoms with Crippen molar-refractivity contribution in [2.75, 3.05) is 5.32 Å². The maximum absolute atomic E-state index is 11.7. The standard InChI is InChI=1S/C10H8ClN5O2S/c11-6-3-5(9(12)15-18)1-2-7(6)13-10(17)8-4-19-16-14-8/h1-4,18H,(H2,12,15)(H,13,17). The predicted molar refractivity (Wildman–Crippen MR) is 71.8 cm³/mol. The third-order valence-electron chi connectivity index (χ3n) is 2.21. The van der Waals surface area contributed by atoms with Crippen LogP contribution < -0.4 is 11.1 Å². The van der Waals surface area contributed by atoms with Gasteiger partial charge in [-0.15, -0.1) is 5.10 Å². The fraction of sp³-hybridized carbons (Fsp3) is 0. The Kier molecular flexibility index (Phi) is 3.93. The number of nitrogens with two attached hydrogens (primary N) is 1. The molecule has 0 bridgehead atoms. The highest BCUT2D eigenvalue weighted by Crippen LogP contribution is 2.23. The summed E-state index contributed by atoms with van der Waals surface area (Å²) in [6.45, 7) is 0. The molecule has 1 aromatic carbocycles. The zero-order valence-electron chi connectivity index (χ0n) is 9.37. The minimum Gasteiger partial charge on any atom is -0.409 e. The molecule has 9 heteroatoms. The molecule has 1 aromatic heterocycles. The molecular weight excluding hydrogens is 290 g/mol. The molecule has 2 aromatic rings. The first kappa shape index (κ1) is 13.2. The number of carbonyl (C=O) groups is 1. The normalized spacial score (nSPS) is 11.3. The van der Waals surface area contributed by atoms with Crippen LogP contribution in [-0.4, -0.2) is 26.5 Å². The van der Waals surface area contributed by atoms with Crippen molar-refractivity contribution in [2.45, 2.75) is 0 Å². The lowest BCUT2D eigenvalue weighted by Gasteiger charge is -2.07. The molecule has 1 amide bonds. The number of hydrogen-bond donors (Lipinski definition) is 3. The highest BCUT2D eigenvalue weighted by Gasteiger charge is 2.12. The summed E-state index contributed by atoms with van der Waals surface area (Å²) in [5.74, 6) is -0.476. The van der Waals surface area contributed by atoms with Crippen LogP contribution in [-0.2, 0) is 0 Å². The number of nitrogens with one attached hydrogen (secondary N) is 1. The summed E-state index contributed by atoms with van der Waals surface area (Å²) in [5.41, 5.74) is 6.48. The first-order valence-corrected chi connectivity index (χ1v) is 6.19. The third kappa shape index (κ3) is 2.98. The third-order valence-corrected chi connectivity index (χ3v) is 3.03. The fourth-order valence-electron chi connectivity index (χ4n) is 1.28. The minimum absolute atomic E-state index is 0.0662. The zero-order chi connectivity index (χ0) is 13.8. The molecule has 0 radical (unpaired) electrons. The van der Waals surface area contributed by atoms with Crippen LogP contribution in [0.15, 0.2) is 28.7 Å². The van der Waals surface area contributed by atoms with Gasteiger partial charge in [0.1, 0.15) is 0 Å². The summed E-state index contributed by atoms with van der Waals surface area (Å²) in [5, 5.41) is 19.4. The largest absolute Gasteiger partial charge is 0.409 e. The van der Waals surface area contributed by atoms with Gasteiger partial charge in [-0.3, -0.25) is 4.79 Å². The van der Waals surface area contributed by atoms with E-state index >= 15 is 0 Å². The number of benzene rings is 1. The number of anilines is 1. The highest BCUT2D eigenvalue weighted by atomic mass is 35.5. The van der Waals surface area contributed by atoms with Gasteiger partial charge in [-0.2, -0.15) is 0 Å². The van der Waals surface area contributed by atoms with E-state index in [1.165, 1.54) is 11.4 Å². The first-order valence-electron chi connectivity index (χ1n) is 4.97. The van der Waals surface area contributed by atoms with Gasteiger partial charge >= 0.3 is 0 Å². The lowest BCUT2D eigenvalue weighted by atomic mass is 10.2. The monoisotopic (exact) mass is 297 g/mol. The Bertz CT molecular complexity index is 629. The van der Waals surface area contributed by atoms with E-state index < -0.39 is 5.91 Å². The Morgan fingerprint density at radius 3 is 2.89 bits per heavy atom. The van der Waals surface area contributed by atoms with Gasteiger partial charge in [-0.1, -0.05) is 21.2 Å². The van der Waals surface area contributed by atoms with Crippen LogP contribution in [0.25, 0.3) is 0 Å². The summed E-state index contributed by atoms with van der Waals surface area (Å²) in [6.07, 6.45) is 0. The molecule has 0 saturated carbocycles. The molecule has 7 nitrogen and oxygen atoms in total. The Morgan fingerprint density at radius 1 is 1.53 bits per heavy atom. The number of nitrogens with zero attached hydrogens (tertiary/aromatic N) is 3. The van der Waals surface area contributed by atoms with Crippen molar-refractivity contribution in [3.05, 3.63) is 39.9 Å². The van der Waals surface area contributed by atoms with Crippen LogP contribution in [0.1, 0.15) is 16.1 Å². The van der Waals surface area contributed by atoms with Crippen molar-refractivity contribution in [3.63, 3.8) is 0 Å². The molecule has 0 aliphatic heterocycles. The molecule has 19 heavy (non-hydrogen) atoms. The van der Waals surface area contributed by atoms with Crippen LogP contribution in [0.4, 0.5) is 5.69 Å². The Balaban J connectivity index is 2.20. The topological polar surface area (TPSA) is 113 Å². The second kappa shape index (κ2) is 5.63. The summed E-state index contributed by atoms with van der Waals surface area (Å²) >= 11 is 7.07. The lowest BCUT2D eigenvalue weighted by molar-refractivity contribution is 0.102. The van der Waals surface area contributed by atoms with Gasteiger partial charge in [0.15, 0.2) is 11.5 Å². The van der Waals surface area contributed by atoms with Gasteiger partial charge < -0.3 is 16.3 Å². The number of oxime groups is 1. The highest BCUT2D eigenvalue weighted by molar-refractivity contribution is 7.03. The fourth-order valence-corrected chi connectivity index (χ4v) is 1.95. The number of amidine groups is 1. The Labute approximate surface area is 116 Å². The minimum atomic E-state index is -0.410. The van der Waals surface area contributed by atoms with Gasteiger partial charge in [0.05, 0.1) is 10.7 Å². The van der Waals surface area contributed by atoms with Crippen LogP contribution in [0.2, 0.25) is 5.02 Å². The smallest absolute Gasteiger partial charge is 0.277 e. The van der Waals surface area contributed by atoms with Gasteiger partial charge in [-0.25, -0.2) is 0 Å². The van der Waals surface area contributed by atoms with Crippen molar-refractivity contribution in [1.29, 1.82) is 0 Å². The van der Waals surface area contributed by atoms with Crippen molar-refractivity contribution < 1.29 is 10.0 Å². The first-order chi connectivity index (χ1) is 9.11. The molecule has 2 rings (SSSR count). The van der Waals surface area contributed by atoms with Crippen molar-refractivity contribution in [2.24, 2.45) is 10.9 Å². The summed E-state index contributed by atoms with van der Waals surface area (Å²) < 4.78 is 3.59. The van der Waals surface area contributed by atoms with Crippen LogP contribution >= 0.6 is 23.1 Å². The molecule has 0 aliphatic rings. The zero-order valence-corrected chi connectivity index (χ0v) is 10.9. The van der Waals surface area contributed by atoms with Crippen molar-refractivity contribution in [3.8, 4) is 0 Å². The summed E-state index contributed by atoms with van der Waals surface area (Å²) in [6, 6.07) is 4.59. The van der Waals surface area contributed by atoms with E-state index in [1.54, 1.807) is 12.1 Å². The van der Waals surface area contributed by atoms with Gasteiger partial charge in [0, 0.05) is 10.9 Å². The van der Waals surface area contributed by atoms with Crippen LogP contribution in [0, 0.1) is 0 Å². The van der Waals surface area contributed by atoms with Gasteiger partial charge in [0.2, 0.25) is 0 Å². The Morgan fingerprint density at radius 2 is 2.32 bits per heavy atom. The van der Waals surface area contributed by atoms with E-state index in [2.05, 4.69) is 20.1 Å². The molecule has 0 fully saturated rings. The second-order valence-electron chi connectivity index (χ2n) is 3.42. The number of aromatic nitrogens is 2. The average molecular weight is 298 g/mol.